The van der Waals surface area contributed by atoms with Crippen molar-refractivity contribution in [3.05, 3.63) is 53.1 Å². The molecule has 1 aliphatic heterocycles. The van der Waals surface area contributed by atoms with Gasteiger partial charge in [-0.1, -0.05) is 29.8 Å². The fourth-order valence-corrected chi connectivity index (χ4v) is 4.29. The second kappa shape index (κ2) is 5.00. The fourth-order valence-electron chi connectivity index (χ4n) is 2.43. The number of aryl methyl sites for hydroxylation is 1. The van der Waals surface area contributed by atoms with Crippen LogP contribution in [0.25, 0.3) is 0 Å². The molecule has 2 aromatic carbocycles. The number of carbonyl (C=O) groups is 1. The van der Waals surface area contributed by atoms with Crippen LogP contribution in [-0.4, -0.2) is 21.5 Å². The zero-order valence-electron chi connectivity index (χ0n) is 11.9. The molecule has 0 aromatic heterocycles. The first-order chi connectivity index (χ1) is 10.3. The Bertz CT molecular complexity index is 880. The summed E-state index contributed by atoms with van der Waals surface area (Å²) in [5, 5.41) is 0.366. The van der Waals surface area contributed by atoms with E-state index in [1.54, 1.807) is 44.3 Å². The number of sulfonamides is 1. The SMILES string of the molecule is Cc1ccc(Cl)cc1N1C(=O)N(C)c2ccccc2S1(=O)=O. The summed E-state index contributed by atoms with van der Waals surface area (Å²) in [4.78, 5) is 14.0. The molecule has 0 atom stereocenters. The van der Waals surface area contributed by atoms with Gasteiger partial charge in [0.15, 0.2) is 0 Å². The molecule has 3 rings (SSSR count). The Kier molecular flexibility index (Phi) is 3.38. The predicted molar refractivity (Wildman–Crippen MR) is 86.1 cm³/mol. The van der Waals surface area contributed by atoms with Crippen LogP contribution in [0.4, 0.5) is 16.2 Å². The number of para-hydroxylation sites is 1. The maximum absolute atomic E-state index is 12.9. The van der Waals surface area contributed by atoms with Gasteiger partial charge >= 0.3 is 6.03 Å². The molecule has 5 nitrogen and oxygen atoms in total. The zero-order chi connectivity index (χ0) is 16.1. The van der Waals surface area contributed by atoms with Crippen molar-refractivity contribution in [3.63, 3.8) is 0 Å². The summed E-state index contributed by atoms with van der Waals surface area (Å²) in [6.07, 6.45) is 0. The van der Waals surface area contributed by atoms with Crippen LogP contribution in [0.15, 0.2) is 47.4 Å². The summed E-state index contributed by atoms with van der Waals surface area (Å²) in [6.45, 7) is 1.73. The second-order valence-corrected chi connectivity index (χ2v) is 7.20. The highest BCUT2D eigenvalue weighted by atomic mass is 35.5. The number of halogens is 1. The quantitative estimate of drug-likeness (QED) is 0.801. The highest BCUT2D eigenvalue weighted by molar-refractivity contribution is 7.94. The number of hydrogen-bond donors (Lipinski definition) is 0. The van der Waals surface area contributed by atoms with E-state index in [1.807, 2.05) is 0 Å². The number of nitrogens with zero attached hydrogens (tertiary/aromatic N) is 2. The minimum atomic E-state index is -3.97. The van der Waals surface area contributed by atoms with Crippen LogP contribution in [-0.2, 0) is 10.0 Å². The smallest absolute Gasteiger partial charge is 0.295 e. The van der Waals surface area contributed by atoms with Crippen molar-refractivity contribution in [1.29, 1.82) is 0 Å². The summed E-state index contributed by atoms with van der Waals surface area (Å²) in [7, 11) is -2.43. The highest BCUT2D eigenvalue weighted by Crippen LogP contribution is 2.38. The van der Waals surface area contributed by atoms with Gasteiger partial charge in [0.1, 0.15) is 4.90 Å². The Labute approximate surface area is 133 Å². The minimum Gasteiger partial charge on any atom is -0.295 e. The minimum absolute atomic E-state index is 0.0940. The molecule has 0 aliphatic carbocycles. The van der Waals surface area contributed by atoms with E-state index in [2.05, 4.69) is 0 Å². The third-order valence-corrected chi connectivity index (χ3v) is 5.57. The summed E-state index contributed by atoms with van der Waals surface area (Å²) in [5.74, 6) is 0. The number of carbonyl (C=O) groups excluding carboxylic acids is 1. The van der Waals surface area contributed by atoms with Crippen LogP contribution in [0.5, 0.6) is 0 Å². The molecule has 22 heavy (non-hydrogen) atoms. The van der Waals surface area contributed by atoms with Crippen LogP contribution in [0, 0.1) is 6.92 Å². The number of fused-ring (bicyclic) bond motifs is 1. The van der Waals surface area contributed by atoms with Crippen molar-refractivity contribution in [2.45, 2.75) is 11.8 Å². The van der Waals surface area contributed by atoms with Crippen LogP contribution in [0.1, 0.15) is 5.56 Å². The van der Waals surface area contributed by atoms with Crippen LogP contribution in [0.2, 0.25) is 5.02 Å². The Hall–Kier alpha value is -2.05. The molecule has 0 N–H and O–H groups in total. The molecular weight excluding hydrogens is 324 g/mol. The standard InChI is InChI=1S/C15H13ClN2O3S/c1-10-7-8-11(16)9-13(10)18-15(19)17(2)12-5-3-4-6-14(12)22(18,20)21/h3-9H,1-2H3. The molecule has 0 unspecified atom stereocenters. The highest BCUT2D eigenvalue weighted by Gasteiger charge is 2.41. The lowest BCUT2D eigenvalue weighted by molar-refractivity contribution is 0.255. The molecule has 0 saturated carbocycles. The van der Waals surface area contributed by atoms with Crippen LogP contribution >= 0.6 is 11.6 Å². The van der Waals surface area contributed by atoms with Gasteiger partial charge < -0.3 is 0 Å². The van der Waals surface area contributed by atoms with Crippen LogP contribution < -0.4 is 9.21 Å². The molecule has 0 spiro atoms. The largest absolute Gasteiger partial charge is 0.342 e. The number of urea groups is 1. The molecule has 0 radical (unpaired) electrons. The van der Waals surface area contributed by atoms with E-state index in [0.717, 1.165) is 4.31 Å². The maximum Gasteiger partial charge on any atom is 0.342 e. The molecule has 2 amide bonds. The summed E-state index contributed by atoms with van der Waals surface area (Å²) in [6, 6.07) is 10.6. The summed E-state index contributed by atoms with van der Waals surface area (Å²) >= 11 is 5.97. The average molecular weight is 337 g/mol. The van der Waals surface area contributed by atoms with Crippen molar-refractivity contribution in [2.24, 2.45) is 0 Å². The molecule has 1 aliphatic rings. The Morgan fingerprint density at radius 3 is 2.45 bits per heavy atom. The first-order valence-corrected chi connectivity index (χ1v) is 8.34. The van der Waals surface area contributed by atoms with Gasteiger partial charge in [-0.2, -0.15) is 4.31 Å². The van der Waals surface area contributed by atoms with E-state index in [0.29, 0.717) is 16.3 Å². The lowest BCUT2D eigenvalue weighted by Gasteiger charge is -2.34. The van der Waals surface area contributed by atoms with Gasteiger partial charge in [0.25, 0.3) is 10.0 Å². The zero-order valence-corrected chi connectivity index (χ0v) is 13.5. The Morgan fingerprint density at radius 2 is 1.73 bits per heavy atom. The molecule has 114 valence electrons. The molecule has 2 aromatic rings. The van der Waals surface area contributed by atoms with Crippen molar-refractivity contribution in [1.82, 2.24) is 0 Å². The molecule has 0 saturated heterocycles. The first kappa shape index (κ1) is 14.9. The lowest BCUT2D eigenvalue weighted by atomic mass is 10.2. The first-order valence-electron chi connectivity index (χ1n) is 6.52. The molecule has 0 fully saturated rings. The van der Waals surface area contributed by atoms with Gasteiger partial charge in [-0.3, -0.25) is 4.90 Å². The monoisotopic (exact) mass is 336 g/mol. The van der Waals surface area contributed by atoms with Gasteiger partial charge in [-0.05, 0) is 36.8 Å². The summed E-state index contributed by atoms with van der Waals surface area (Å²) < 4.78 is 26.5. The predicted octanol–water partition coefficient (Wildman–Crippen LogP) is 3.41. The van der Waals surface area contributed by atoms with E-state index in [4.69, 9.17) is 11.6 Å². The molecule has 7 heteroatoms. The van der Waals surface area contributed by atoms with E-state index < -0.39 is 16.1 Å². The molecule has 0 bridgehead atoms. The van der Waals surface area contributed by atoms with Gasteiger partial charge in [0.2, 0.25) is 0 Å². The number of anilines is 2. The van der Waals surface area contributed by atoms with Gasteiger partial charge in [0.05, 0.1) is 11.4 Å². The van der Waals surface area contributed by atoms with E-state index in [9.17, 15) is 13.2 Å². The van der Waals surface area contributed by atoms with Crippen molar-refractivity contribution in [2.75, 3.05) is 16.3 Å². The van der Waals surface area contributed by atoms with Gasteiger partial charge in [-0.15, -0.1) is 0 Å². The molecular formula is C15H13ClN2O3S. The van der Waals surface area contributed by atoms with Crippen molar-refractivity contribution in [3.8, 4) is 0 Å². The lowest BCUT2D eigenvalue weighted by Crippen LogP contribution is -2.49. The second-order valence-electron chi connectivity index (χ2n) is 5.01. The maximum atomic E-state index is 12.9. The van der Waals surface area contributed by atoms with E-state index in [1.165, 1.54) is 17.0 Å². The third kappa shape index (κ3) is 2.07. The van der Waals surface area contributed by atoms with Gasteiger partial charge in [-0.25, -0.2) is 13.2 Å². The number of rotatable bonds is 1. The Morgan fingerprint density at radius 1 is 1.05 bits per heavy atom. The van der Waals surface area contributed by atoms with E-state index in [-0.39, 0.29) is 10.6 Å². The van der Waals surface area contributed by atoms with Gasteiger partial charge in [0, 0.05) is 12.1 Å². The third-order valence-electron chi connectivity index (χ3n) is 3.60. The normalized spacial score (nSPS) is 16.6. The van der Waals surface area contributed by atoms with Crippen molar-refractivity contribution >= 4 is 39.0 Å². The van der Waals surface area contributed by atoms with Crippen molar-refractivity contribution < 1.29 is 13.2 Å². The molecule has 1 heterocycles. The number of hydrogen-bond acceptors (Lipinski definition) is 3. The average Bonchev–Trinajstić information content (AvgIpc) is 2.49. The topological polar surface area (TPSA) is 57.7 Å². The fraction of sp³-hybridized carbons (Fsp3) is 0.133. The van der Waals surface area contributed by atoms with Crippen LogP contribution in [0.3, 0.4) is 0 Å². The number of amides is 2. The van der Waals surface area contributed by atoms with E-state index >= 15 is 0 Å². The Balaban J connectivity index is 2.30. The number of benzene rings is 2. The summed E-state index contributed by atoms with van der Waals surface area (Å²) in [5.41, 5.74) is 1.27.